The summed E-state index contributed by atoms with van der Waals surface area (Å²) >= 11 is 0. The summed E-state index contributed by atoms with van der Waals surface area (Å²) in [5.41, 5.74) is 5.71. The molecule has 2 N–H and O–H groups in total. The Morgan fingerprint density at radius 2 is 1.76 bits per heavy atom. The van der Waals surface area contributed by atoms with Gasteiger partial charge < -0.3 is 25.2 Å². The molecule has 0 bridgehead atoms. The van der Waals surface area contributed by atoms with Gasteiger partial charge in [0.05, 0.1) is 18.9 Å². The van der Waals surface area contributed by atoms with Crippen LogP contribution in [0.25, 0.3) is 5.65 Å². The summed E-state index contributed by atoms with van der Waals surface area (Å²) in [6.07, 6.45) is 2.69. The first-order chi connectivity index (χ1) is 16.2. The average Bonchev–Trinajstić information content (AvgIpc) is 3.26. The van der Waals surface area contributed by atoms with Crippen LogP contribution in [0.4, 0.5) is 11.4 Å². The number of hydrogen-bond donors (Lipinski definition) is 2. The molecule has 0 aliphatic carbocycles. The third kappa shape index (κ3) is 4.67. The predicted octanol–water partition coefficient (Wildman–Crippen LogP) is 2.07. The lowest BCUT2D eigenvalue weighted by molar-refractivity contribution is 0.0944. The van der Waals surface area contributed by atoms with Crippen LogP contribution in [0.2, 0.25) is 0 Å². The topological polar surface area (TPSA) is 74.1 Å². The van der Waals surface area contributed by atoms with Crippen molar-refractivity contribution < 1.29 is 9.53 Å². The van der Waals surface area contributed by atoms with Crippen molar-refractivity contribution >= 4 is 22.9 Å². The number of nitrogens with one attached hydrogen (secondary N) is 2. The van der Waals surface area contributed by atoms with E-state index in [0.29, 0.717) is 18.7 Å². The van der Waals surface area contributed by atoms with E-state index in [2.05, 4.69) is 56.8 Å². The number of piperazine rings is 1. The van der Waals surface area contributed by atoms with Crippen molar-refractivity contribution in [2.24, 2.45) is 0 Å². The summed E-state index contributed by atoms with van der Waals surface area (Å²) in [6.45, 7) is 9.84. The third-order valence-corrected chi connectivity index (χ3v) is 6.48. The number of benzene rings is 1. The molecule has 1 aromatic carbocycles. The number of amides is 1. The van der Waals surface area contributed by atoms with E-state index in [0.717, 1.165) is 75.1 Å². The fourth-order valence-electron chi connectivity index (χ4n) is 4.60. The van der Waals surface area contributed by atoms with E-state index in [1.165, 1.54) is 5.69 Å². The van der Waals surface area contributed by atoms with Gasteiger partial charge >= 0.3 is 0 Å². The minimum Gasteiger partial charge on any atom is -0.378 e. The Balaban J connectivity index is 1.29. The van der Waals surface area contributed by atoms with Gasteiger partial charge in [-0.25, -0.2) is 4.98 Å². The van der Waals surface area contributed by atoms with E-state index in [-0.39, 0.29) is 5.91 Å². The number of nitrogens with zero attached hydrogens (tertiary/aromatic N) is 4. The van der Waals surface area contributed by atoms with Gasteiger partial charge in [-0.05, 0) is 30.2 Å². The number of ether oxygens (including phenoxy) is 1. The maximum absolute atomic E-state index is 13.2. The van der Waals surface area contributed by atoms with E-state index < -0.39 is 0 Å². The molecule has 2 aliphatic rings. The molecule has 0 radical (unpaired) electrons. The van der Waals surface area contributed by atoms with Crippen LogP contribution in [0.3, 0.4) is 0 Å². The van der Waals surface area contributed by atoms with Gasteiger partial charge in [-0.1, -0.05) is 19.1 Å². The highest BCUT2D eigenvalue weighted by atomic mass is 16.5. The van der Waals surface area contributed by atoms with Gasteiger partial charge in [0.1, 0.15) is 11.3 Å². The zero-order valence-electron chi connectivity index (χ0n) is 19.2. The van der Waals surface area contributed by atoms with Crippen molar-refractivity contribution in [3.63, 3.8) is 0 Å². The van der Waals surface area contributed by atoms with Crippen LogP contribution in [-0.2, 0) is 17.7 Å². The first-order valence-electron chi connectivity index (χ1n) is 11.9. The second-order valence-electron chi connectivity index (χ2n) is 8.56. The minimum absolute atomic E-state index is 0.0912. The molecule has 0 saturated carbocycles. The molecule has 3 aromatic rings. The summed E-state index contributed by atoms with van der Waals surface area (Å²) in [7, 11) is 0. The fourth-order valence-corrected chi connectivity index (χ4v) is 4.60. The van der Waals surface area contributed by atoms with Crippen LogP contribution >= 0.6 is 0 Å². The molecule has 1 amide bonds. The van der Waals surface area contributed by atoms with Crippen molar-refractivity contribution in [1.82, 2.24) is 20.0 Å². The Morgan fingerprint density at radius 1 is 1.03 bits per heavy atom. The van der Waals surface area contributed by atoms with Gasteiger partial charge in [-0.2, -0.15) is 0 Å². The Kier molecular flexibility index (Phi) is 6.46. The summed E-state index contributed by atoms with van der Waals surface area (Å²) in [4.78, 5) is 22.6. The number of imidazole rings is 1. The van der Waals surface area contributed by atoms with Crippen molar-refractivity contribution in [1.29, 1.82) is 0 Å². The fraction of sp³-hybridized carbons (Fsp3) is 0.440. The van der Waals surface area contributed by atoms with Gasteiger partial charge in [-0.15, -0.1) is 0 Å². The number of hydrogen-bond acceptors (Lipinski definition) is 6. The number of morpholine rings is 1. The maximum atomic E-state index is 13.2. The van der Waals surface area contributed by atoms with E-state index >= 15 is 0 Å². The molecule has 0 unspecified atom stereocenters. The van der Waals surface area contributed by atoms with Crippen molar-refractivity contribution in [3.05, 3.63) is 59.5 Å². The zero-order chi connectivity index (χ0) is 22.6. The summed E-state index contributed by atoms with van der Waals surface area (Å²) < 4.78 is 7.35. The molecule has 0 atom stereocenters. The zero-order valence-corrected chi connectivity index (χ0v) is 19.2. The molecule has 33 heavy (non-hydrogen) atoms. The number of anilines is 2. The molecule has 5 rings (SSSR count). The lowest BCUT2D eigenvalue weighted by Crippen LogP contribution is -2.43. The molecule has 4 heterocycles. The van der Waals surface area contributed by atoms with Gasteiger partial charge in [0.25, 0.3) is 5.91 Å². The normalized spacial score (nSPS) is 16.9. The van der Waals surface area contributed by atoms with Crippen LogP contribution < -0.4 is 20.4 Å². The highest BCUT2D eigenvalue weighted by molar-refractivity contribution is 5.94. The van der Waals surface area contributed by atoms with E-state index in [1.807, 2.05) is 17.5 Å². The van der Waals surface area contributed by atoms with Crippen LogP contribution in [0.1, 0.15) is 28.7 Å². The Labute approximate surface area is 194 Å². The highest BCUT2D eigenvalue weighted by Gasteiger charge is 2.20. The second kappa shape index (κ2) is 9.80. The van der Waals surface area contributed by atoms with Gasteiger partial charge in [0.15, 0.2) is 0 Å². The number of aromatic nitrogens is 2. The number of fused-ring (bicyclic) bond motifs is 1. The summed E-state index contributed by atoms with van der Waals surface area (Å²) in [6, 6.07) is 12.6. The largest absolute Gasteiger partial charge is 0.378 e. The number of aryl methyl sites for hydroxylation is 1. The summed E-state index contributed by atoms with van der Waals surface area (Å²) in [5, 5.41) is 6.48. The number of carbonyl (C=O) groups is 1. The molecule has 8 nitrogen and oxygen atoms in total. The summed E-state index contributed by atoms with van der Waals surface area (Å²) in [5.74, 6) is -0.0912. The lowest BCUT2D eigenvalue weighted by Gasteiger charge is -2.29. The van der Waals surface area contributed by atoms with Crippen molar-refractivity contribution in [2.45, 2.75) is 19.9 Å². The van der Waals surface area contributed by atoms with Gasteiger partial charge in [0, 0.05) is 69.5 Å². The first kappa shape index (κ1) is 21.7. The highest BCUT2D eigenvalue weighted by Crippen LogP contribution is 2.21. The number of pyridine rings is 1. The van der Waals surface area contributed by atoms with Gasteiger partial charge in [0.2, 0.25) is 0 Å². The van der Waals surface area contributed by atoms with Crippen molar-refractivity contribution in [2.75, 3.05) is 62.3 Å². The molecule has 8 heteroatoms. The standard InChI is InChI=1S/C25H32N6O2/c1-2-22-24(31-10-7-21(17-23(31)28-22)29-11-8-26-9-12-29)25(32)27-18-19-3-5-20(6-4-19)30-13-15-33-16-14-30/h3-7,10,17,26H,2,8-9,11-16,18H2,1H3,(H,27,32). The molecule has 2 fully saturated rings. The molecule has 2 saturated heterocycles. The Hall–Kier alpha value is -3.10. The van der Waals surface area contributed by atoms with Crippen LogP contribution in [0.5, 0.6) is 0 Å². The smallest absolute Gasteiger partial charge is 0.270 e. The molecule has 2 aliphatic heterocycles. The Bertz CT molecular complexity index is 1100. The van der Waals surface area contributed by atoms with Crippen molar-refractivity contribution in [3.8, 4) is 0 Å². The van der Waals surface area contributed by atoms with Crippen LogP contribution in [0.15, 0.2) is 42.6 Å². The SMILES string of the molecule is CCc1nc2cc(N3CCNCC3)ccn2c1C(=O)NCc1ccc(N2CCOCC2)cc1. The molecule has 174 valence electrons. The molecule has 2 aromatic heterocycles. The maximum Gasteiger partial charge on any atom is 0.270 e. The van der Waals surface area contributed by atoms with E-state index in [1.54, 1.807) is 0 Å². The predicted molar refractivity (Wildman–Crippen MR) is 130 cm³/mol. The minimum atomic E-state index is -0.0912. The lowest BCUT2D eigenvalue weighted by atomic mass is 10.1. The van der Waals surface area contributed by atoms with E-state index in [9.17, 15) is 4.79 Å². The molecular formula is C25H32N6O2. The molecular weight excluding hydrogens is 416 g/mol. The molecule has 0 spiro atoms. The Morgan fingerprint density at radius 3 is 2.48 bits per heavy atom. The van der Waals surface area contributed by atoms with Gasteiger partial charge in [-0.3, -0.25) is 9.20 Å². The van der Waals surface area contributed by atoms with Crippen LogP contribution in [-0.4, -0.2) is 67.8 Å². The second-order valence-corrected chi connectivity index (χ2v) is 8.56. The van der Waals surface area contributed by atoms with Crippen LogP contribution in [0, 0.1) is 0 Å². The number of carbonyl (C=O) groups excluding carboxylic acids is 1. The third-order valence-electron chi connectivity index (χ3n) is 6.48. The first-order valence-corrected chi connectivity index (χ1v) is 11.9. The monoisotopic (exact) mass is 448 g/mol. The average molecular weight is 449 g/mol. The van der Waals surface area contributed by atoms with E-state index in [4.69, 9.17) is 9.72 Å². The quantitative estimate of drug-likeness (QED) is 0.602. The number of rotatable bonds is 6.